The molecule has 4 heteroatoms. The third kappa shape index (κ3) is 2.47. The summed E-state index contributed by atoms with van der Waals surface area (Å²) < 4.78 is 0. The topological polar surface area (TPSA) is 37.4 Å². The molecule has 7 rings (SSSR count). The zero-order chi connectivity index (χ0) is 21.2. The van der Waals surface area contributed by atoms with Gasteiger partial charge in [0.05, 0.1) is 12.5 Å². The predicted molar refractivity (Wildman–Crippen MR) is 120 cm³/mol. The second kappa shape index (κ2) is 6.66. The Morgan fingerprint density at radius 2 is 1.58 bits per heavy atom. The molecule has 0 aromatic heterocycles. The predicted octanol–water partition coefficient (Wildman–Crippen LogP) is 5.21. The Hall–Kier alpha value is -3.17. The first-order chi connectivity index (χ1) is 15.1. The standard InChI is InChI=1S/C27H20ClNO2/c28-19-12-10-18(11-13-19)23-21-14-15-27(22-9-5-4-8-20(21)22)24(23)25(30)29(26(27)31)16-17-6-2-1-3-7-17/h1-15,21,23-24H,16H2/t21-,23-,24-,27-/m0/s1. The molecular weight excluding hydrogens is 406 g/mol. The van der Waals surface area contributed by atoms with Gasteiger partial charge in [0, 0.05) is 16.9 Å². The second-order valence-corrected chi connectivity index (χ2v) is 9.05. The van der Waals surface area contributed by atoms with Crippen molar-refractivity contribution < 1.29 is 9.59 Å². The van der Waals surface area contributed by atoms with Crippen LogP contribution in [0.2, 0.25) is 5.02 Å². The Balaban J connectivity index is 1.54. The molecule has 1 fully saturated rings. The van der Waals surface area contributed by atoms with Gasteiger partial charge in [-0.3, -0.25) is 14.5 Å². The molecule has 0 radical (unpaired) electrons. The summed E-state index contributed by atoms with van der Waals surface area (Å²) in [5, 5.41) is 0.662. The molecule has 1 aliphatic heterocycles. The Morgan fingerprint density at radius 3 is 2.35 bits per heavy atom. The molecule has 1 spiro atoms. The first-order valence-corrected chi connectivity index (χ1v) is 10.9. The number of benzene rings is 3. The van der Waals surface area contributed by atoms with Gasteiger partial charge in [-0.1, -0.05) is 90.5 Å². The van der Waals surface area contributed by atoms with Crippen molar-refractivity contribution in [1.82, 2.24) is 4.90 Å². The summed E-state index contributed by atoms with van der Waals surface area (Å²) in [6.45, 7) is 0.296. The van der Waals surface area contributed by atoms with Gasteiger partial charge in [0.2, 0.25) is 11.8 Å². The molecule has 3 aromatic carbocycles. The molecule has 1 saturated heterocycles. The van der Waals surface area contributed by atoms with E-state index in [0.29, 0.717) is 11.6 Å². The van der Waals surface area contributed by atoms with Crippen LogP contribution in [0.3, 0.4) is 0 Å². The van der Waals surface area contributed by atoms with Crippen LogP contribution < -0.4 is 0 Å². The average molecular weight is 426 g/mol. The maximum atomic E-state index is 14.0. The van der Waals surface area contributed by atoms with Crippen molar-refractivity contribution in [1.29, 1.82) is 0 Å². The Bertz CT molecular complexity index is 1230. The lowest BCUT2D eigenvalue weighted by Gasteiger charge is -2.48. The first kappa shape index (κ1) is 18.6. The van der Waals surface area contributed by atoms with Crippen molar-refractivity contribution in [3.63, 3.8) is 0 Å². The lowest BCUT2D eigenvalue weighted by Crippen LogP contribution is -2.49. The average Bonchev–Trinajstić information content (AvgIpc) is 3.03. The lowest BCUT2D eigenvalue weighted by atomic mass is 9.51. The Kier molecular flexibility index (Phi) is 4.00. The number of rotatable bonds is 3. The second-order valence-electron chi connectivity index (χ2n) is 8.61. The third-order valence-electron chi connectivity index (χ3n) is 7.14. The van der Waals surface area contributed by atoms with Gasteiger partial charge in [-0.15, -0.1) is 0 Å². The highest BCUT2D eigenvalue weighted by Gasteiger charge is 2.67. The molecular formula is C27H20ClNO2. The highest BCUT2D eigenvalue weighted by atomic mass is 35.5. The number of allylic oxidation sites excluding steroid dienone is 1. The van der Waals surface area contributed by atoms with Crippen molar-refractivity contribution in [2.75, 3.05) is 0 Å². The highest BCUT2D eigenvalue weighted by molar-refractivity contribution is 6.30. The summed E-state index contributed by atoms with van der Waals surface area (Å²) >= 11 is 6.14. The molecule has 3 nitrogen and oxygen atoms in total. The van der Waals surface area contributed by atoms with Crippen molar-refractivity contribution in [3.05, 3.63) is 118 Å². The number of likely N-dealkylation sites (tertiary alicyclic amines) is 1. The maximum Gasteiger partial charge on any atom is 0.244 e. The number of carbonyl (C=O) groups excluding carboxylic acids is 2. The van der Waals surface area contributed by atoms with Gasteiger partial charge in [-0.25, -0.2) is 0 Å². The molecule has 0 unspecified atom stereocenters. The lowest BCUT2D eigenvalue weighted by molar-refractivity contribution is -0.140. The molecule has 3 aliphatic carbocycles. The summed E-state index contributed by atoms with van der Waals surface area (Å²) in [5.41, 5.74) is 3.18. The molecule has 1 heterocycles. The number of imide groups is 1. The van der Waals surface area contributed by atoms with Gasteiger partial charge in [-0.05, 0) is 34.4 Å². The molecule has 3 aromatic rings. The summed E-state index contributed by atoms with van der Waals surface area (Å²) in [7, 11) is 0. The minimum atomic E-state index is -0.943. The van der Waals surface area contributed by atoms with Crippen LogP contribution in [-0.4, -0.2) is 16.7 Å². The van der Waals surface area contributed by atoms with Crippen LogP contribution in [0.25, 0.3) is 0 Å². The zero-order valence-electron chi connectivity index (χ0n) is 16.7. The van der Waals surface area contributed by atoms with Gasteiger partial charge in [0.25, 0.3) is 0 Å². The van der Waals surface area contributed by atoms with E-state index in [-0.39, 0.29) is 23.7 Å². The largest absolute Gasteiger partial charge is 0.277 e. The van der Waals surface area contributed by atoms with Gasteiger partial charge in [-0.2, -0.15) is 0 Å². The van der Waals surface area contributed by atoms with Gasteiger partial charge < -0.3 is 0 Å². The maximum absolute atomic E-state index is 14.0. The normalized spacial score (nSPS) is 28.0. The number of hydrogen-bond acceptors (Lipinski definition) is 2. The monoisotopic (exact) mass is 425 g/mol. The van der Waals surface area contributed by atoms with Crippen LogP contribution in [0, 0.1) is 5.92 Å². The van der Waals surface area contributed by atoms with Crippen LogP contribution in [0.1, 0.15) is 34.1 Å². The van der Waals surface area contributed by atoms with E-state index in [1.807, 2.05) is 78.9 Å². The molecule has 2 amide bonds. The quantitative estimate of drug-likeness (QED) is 0.426. The van der Waals surface area contributed by atoms with Gasteiger partial charge in [0.15, 0.2) is 0 Å². The van der Waals surface area contributed by atoms with Crippen molar-refractivity contribution in [2.24, 2.45) is 5.92 Å². The van der Waals surface area contributed by atoms with E-state index in [1.54, 1.807) is 0 Å². The summed E-state index contributed by atoms with van der Waals surface area (Å²) in [4.78, 5) is 29.3. The smallest absolute Gasteiger partial charge is 0.244 e. The molecule has 152 valence electrons. The van der Waals surface area contributed by atoms with E-state index in [2.05, 4.69) is 12.1 Å². The number of halogens is 1. The SMILES string of the molecule is O=C1[C@@H]2[C@@H](c3ccc(Cl)cc3)[C@H]3C=C[C@]2(C(=O)N1Cc1ccccc1)c1ccccc13. The van der Waals surface area contributed by atoms with E-state index in [4.69, 9.17) is 11.6 Å². The van der Waals surface area contributed by atoms with Crippen molar-refractivity contribution >= 4 is 23.4 Å². The van der Waals surface area contributed by atoms with Crippen LogP contribution in [0.4, 0.5) is 0 Å². The molecule has 31 heavy (non-hydrogen) atoms. The van der Waals surface area contributed by atoms with E-state index in [9.17, 15) is 9.59 Å². The number of carbonyl (C=O) groups is 2. The molecule has 4 atom stereocenters. The molecule has 4 aliphatic rings. The Morgan fingerprint density at radius 1 is 0.871 bits per heavy atom. The minimum absolute atomic E-state index is 0.0534. The highest BCUT2D eigenvalue weighted by Crippen LogP contribution is 2.62. The fourth-order valence-electron chi connectivity index (χ4n) is 5.85. The summed E-state index contributed by atoms with van der Waals surface area (Å²) in [6, 6.07) is 25.5. The van der Waals surface area contributed by atoms with E-state index < -0.39 is 11.3 Å². The van der Waals surface area contributed by atoms with Crippen LogP contribution in [0.5, 0.6) is 0 Å². The van der Waals surface area contributed by atoms with E-state index in [1.165, 1.54) is 4.90 Å². The van der Waals surface area contributed by atoms with Crippen LogP contribution in [-0.2, 0) is 21.5 Å². The van der Waals surface area contributed by atoms with Crippen molar-refractivity contribution in [3.8, 4) is 0 Å². The van der Waals surface area contributed by atoms with Crippen LogP contribution >= 0.6 is 11.6 Å². The molecule has 2 bridgehead atoms. The molecule has 0 N–H and O–H groups in total. The van der Waals surface area contributed by atoms with Crippen molar-refractivity contribution in [2.45, 2.75) is 23.8 Å². The van der Waals surface area contributed by atoms with E-state index in [0.717, 1.165) is 22.3 Å². The van der Waals surface area contributed by atoms with E-state index >= 15 is 0 Å². The molecule has 0 saturated carbocycles. The Labute approximate surface area is 186 Å². The number of amides is 2. The fraction of sp³-hybridized carbons (Fsp3) is 0.185. The number of nitrogens with zero attached hydrogens (tertiary/aromatic N) is 1. The van der Waals surface area contributed by atoms with Crippen LogP contribution in [0.15, 0.2) is 91.0 Å². The van der Waals surface area contributed by atoms with Gasteiger partial charge >= 0.3 is 0 Å². The summed E-state index contributed by atoms with van der Waals surface area (Å²) in [6.07, 6.45) is 4.14. The minimum Gasteiger partial charge on any atom is -0.277 e. The fourth-order valence-corrected chi connectivity index (χ4v) is 5.97. The third-order valence-corrected chi connectivity index (χ3v) is 7.39. The van der Waals surface area contributed by atoms with Gasteiger partial charge in [0.1, 0.15) is 5.41 Å². The zero-order valence-corrected chi connectivity index (χ0v) is 17.5. The number of hydrogen-bond donors (Lipinski definition) is 0. The summed E-state index contributed by atoms with van der Waals surface area (Å²) in [5.74, 6) is -0.702. The first-order valence-electron chi connectivity index (χ1n) is 10.6.